The molecule has 1 saturated heterocycles. The highest BCUT2D eigenvalue weighted by molar-refractivity contribution is 14.1. The fourth-order valence-electron chi connectivity index (χ4n) is 1.91. The van der Waals surface area contributed by atoms with Gasteiger partial charge >= 0.3 is 0 Å². The van der Waals surface area contributed by atoms with Gasteiger partial charge in [0.25, 0.3) is 0 Å². The van der Waals surface area contributed by atoms with Crippen LogP contribution in [0.15, 0.2) is 12.5 Å². The zero-order chi connectivity index (χ0) is 10.9. The zero-order valence-corrected chi connectivity index (χ0v) is 10.9. The average molecular weight is 318 g/mol. The molecular formula is C10H15IN4. The first-order valence-electron chi connectivity index (χ1n) is 5.05. The third-order valence-electron chi connectivity index (χ3n) is 3.00. The molecule has 1 unspecified atom stereocenters. The van der Waals surface area contributed by atoms with Gasteiger partial charge < -0.3 is 10.6 Å². The minimum Gasteiger partial charge on any atom is -0.355 e. The molecule has 1 fully saturated rings. The maximum absolute atomic E-state index is 5.79. The molecule has 0 amide bonds. The van der Waals surface area contributed by atoms with Crippen molar-refractivity contribution in [1.82, 2.24) is 9.97 Å². The summed E-state index contributed by atoms with van der Waals surface area (Å²) in [4.78, 5) is 10.6. The van der Waals surface area contributed by atoms with E-state index in [1.807, 2.05) is 6.20 Å². The van der Waals surface area contributed by atoms with Gasteiger partial charge in [0.1, 0.15) is 12.1 Å². The summed E-state index contributed by atoms with van der Waals surface area (Å²) in [5.41, 5.74) is 6.03. The summed E-state index contributed by atoms with van der Waals surface area (Å²) >= 11 is 2.28. The van der Waals surface area contributed by atoms with Gasteiger partial charge in [-0.25, -0.2) is 9.97 Å². The summed E-state index contributed by atoms with van der Waals surface area (Å²) in [7, 11) is 0. The monoisotopic (exact) mass is 318 g/mol. The van der Waals surface area contributed by atoms with Gasteiger partial charge in [0.15, 0.2) is 0 Å². The van der Waals surface area contributed by atoms with Crippen LogP contribution in [0.25, 0.3) is 0 Å². The molecule has 2 rings (SSSR count). The standard InChI is InChI=1S/C10H15IN4/c1-10(5-12)2-3-15(6-10)9-8(11)4-13-7-14-9/h4,7H,2-3,5-6,12H2,1H3. The summed E-state index contributed by atoms with van der Waals surface area (Å²) in [6.07, 6.45) is 4.60. The van der Waals surface area contributed by atoms with Crippen molar-refractivity contribution in [3.8, 4) is 0 Å². The second-order valence-electron chi connectivity index (χ2n) is 4.38. The topological polar surface area (TPSA) is 55.0 Å². The Balaban J connectivity index is 2.18. The van der Waals surface area contributed by atoms with Crippen molar-refractivity contribution < 1.29 is 0 Å². The fraction of sp³-hybridized carbons (Fsp3) is 0.600. The Labute approximate surface area is 103 Å². The number of hydrogen-bond acceptors (Lipinski definition) is 4. The molecule has 15 heavy (non-hydrogen) atoms. The van der Waals surface area contributed by atoms with Crippen molar-refractivity contribution in [2.75, 3.05) is 24.5 Å². The van der Waals surface area contributed by atoms with Crippen LogP contribution in [0.4, 0.5) is 5.82 Å². The van der Waals surface area contributed by atoms with E-state index in [0.717, 1.165) is 35.4 Å². The van der Waals surface area contributed by atoms with E-state index >= 15 is 0 Å². The van der Waals surface area contributed by atoms with E-state index in [1.54, 1.807) is 6.33 Å². The highest BCUT2D eigenvalue weighted by atomic mass is 127. The van der Waals surface area contributed by atoms with Crippen LogP contribution in [0.1, 0.15) is 13.3 Å². The average Bonchev–Trinajstić information content (AvgIpc) is 2.63. The smallest absolute Gasteiger partial charge is 0.145 e. The van der Waals surface area contributed by atoms with E-state index in [9.17, 15) is 0 Å². The van der Waals surface area contributed by atoms with Crippen LogP contribution in [0, 0.1) is 8.99 Å². The Kier molecular flexibility index (Phi) is 3.11. The quantitative estimate of drug-likeness (QED) is 0.834. The summed E-state index contributed by atoms with van der Waals surface area (Å²) in [6.45, 7) is 5.02. The maximum atomic E-state index is 5.79. The minimum absolute atomic E-state index is 0.244. The lowest BCUT2D eigenvalue weighted by atomic mass is 9.90. The second kappa shape index (κ2) is 4.21. The van der Waals surface area contributed by atoms with Crippen LogP contribution in [0.5, 0.6) is 0 Å². The number of halogens is 1. The number of rotatable bonds is 2. The van der Waals surface area contributed by atoms with E-state index in [4.69, 9.17) is 5.73 Å². The van der Waals surface area contributed by atoms with Crippen LogP contribution < -0.4 is 10.6 Å². The largest absolute Gasteiger partial charge is 0.355 e. The molecule has 0 radical (unpaired) electrons. The van der Waals surface area contributed by atoms with E-state index in [1.165, 1.54) is 0 Å². The van der Waals surface area contributed by atoms with E-state index < -0.39 is 0 Å². The molecule has 0 bridgehead atoms. The van der Waals surface area contributed by atoms with E-state index in [2.05, 4.69) is 44.4 Å². The third-order valence-corrected chi connectivity index (χ3v) is 3.76. The highest BCUT2D eigenvalue weighted by Gasteiger charge is 2.33. The second-order valence-corrected chi connectivity index (χ2v) is 5.54. The number of nitrogens with zero attached hydrogens (tertiary/aromatic N) is 3. The number of nitrogens with two attached hydrogens (primary N) is 1. The number of aromatic nitrogens is 2. The van der Waals surface area contributed by atoms with Crippen LogP contribution in [0.2, 0.25) is 0 Å². The van der Waals surface area contributed by atoms with Gasteiger partial charge in [0, 0.05) is 19.3 Å². The van der Waals surface area contributed by atoms with Crippen molar-refractivity contribution in [2.45, 2.75) is 13.3 Å². The van der Waals surface area contributed by atoms with Crippen molar-refractivity contribution in [3.05, 3.63) is 16.1 Å². The molecule has 1 atom stereocenters. The van der Waals surface area contributed by atoms with E-state index in [0.29, 0.717) is 0 Å². The molecule has 2 heterocycles. The van der Waals surface area contributed by atoms with Gasteiger partial charge in [-0.3, -0.25) is 0 Å². The van der Waals surface area contributed by atoms with Gasteiger partial charge in [-0.1, -0.05) is 6.92 Å². The molecule has 0 aromatic carbocycles. The first kappa shape index (κ1) is 11.1. The molecule has 1 aliphatic rings. The van der Waals surface area contributed by atoms with Crippen LogP contribution in [-0.2, 0) is 0 Å². The number of anilines is 1. The summed E-state index contributed by atoms with van der Waals surface area (Å²) in [6, 6.07) is 0. The molecule has 0 saturated carbocycles. The lowest BCUT2D eigenvalue weighted by Gasteiger charge is -2.23. The normalized spacial score (nSPS) is 25.9. The Morgan fingerprint density at radius 3 is 3.07 bits per heavy atom. The zero-order valence-electron chi connectivity index (χ0n) is 8.78. The minimum atomic E-state index is 0.244. The van der Waals surface area contributed by atoms with E-state index in [-0.39, 0.29) is 5.41 Å². The molecular weight excluding hydrogens is 303 g/mol. The predicted molar refractivity (Wildman–Crippen MR) is 68.7 cm³/mol. The van der Waals surface area contributed by atoms with Crippen LogP contribution >= 0.6 is 22.6 Å². The molecule has 1 aromatic rings. The molecule has 5 heteroatoms. The first-order chi connectivity index (χ1) is 7.14. The van der Waals surface area contributed by atoms with Gasteiger partial charge in [-0.05, 0) is 41.0 Å². The molecule has 2 N–H and O–H groups in total. The predicted octanol–water partition coefficient (Wildman–Crippen LogP) is 1.26. The highest BCUT2D eigenvalue weighted by Crippen LogP contribution is 2.32. The SMILES string of the molecule is CC1(CN)CCN(c2ncncc2I)C1. The van der Waals surface area contributed by atoms with Crippen molar-refractivity contribution in [3.63, 3.8) is 0 Å². The fourth-order valence-corrected chi connectivity index (χ4v) is 2.55. The van der Waals surface area contributed by atoms with Crippen molar-refractivity contribution in [1.29, 1.82) is 0 Å². The molecule has 1 aromatic heterocycles. The summed E-state index contributed by atoms with van der Waals surface area (Å²) in [5.74, 6) is 1.04. The lowest BCUT2D eigenvalue weighted by molar-refractivity contribution is 0.383. The number of hydrogen-bond donors (Lipinski definition) is 1. The Morgan fingerprint density at radius 1 is 1.67 bits per heavy atom. The van der Waals surface area contributed by atoms with Gasteiger partial charge in [0.05, 0.1) is 3.57 Å². The first-order valence-corrected chi connectivity index (χ1v) is 6.13. The molecule has 4 nitrogen and oxygen atoms in total. The van der Waals surface area contributed by atoms with Gasteiger partial charge in [0.2, 0.25) is 0 Å². The summed E-state index contributed by atoms with van der Waals surface area (Å²) in [5, 5.41) is 0. The molecule has 1 aliphatic heterocycles. The van der Waals surface area contributed by atoms with Gasteiger partial charge in [-0.2, -0.15) is 0 Å². The maximum Gasteiger partial charge on any atom is 0.145 e. The molecule has 0 spiro atoms. The van der Waals surface area contributed by atoms with Gasteiger partial charge in [-0.15, -0.1) is 0 Å². The van der Waals surface area contributed by atoms with Crippen molar-refractivity contribution >= 4 is 28.4 Å². The Hall–Kier alpha value is -0.430. The third kappa shape index (κ3) is 2.23. The Bertz CT molecular complexity index is 357. The summed E-state index contributed by atoms with van der Waals surface area (Å²) < 4.78 is 1.11. The van der Waals surface area contributed by atoms with Crippen LogP contribution in [0.3, 0.4) is 0 Å². The van der Waals surface area contributed by atoms with Crippen molar-refractivity contribution in [2.24, 2.45) is 11.1 Å². The van der Waals surface area contributed by atoms with Crippen LogP contribution in [-0.4, -0.2) is 29.6 Å². The lowest BCUT2D eigenvalue weighted by Crippen LogP contribution is -2.31. The molecule has 82 valence electrons. The molecule has 0 aliphatic carbocycles. The Morgan fingerprint density at radius 2 is 2.47 bits per heavy atom.